The van der Waals surface area contributed by atoms with Gasteiger partial charge in [-0.25, -0.2) is 4.98 Å². The van der Waals surface area contributed by atoms with Gasteiger partial charge < -0.3 is 9.15 Å². The molecule has 2 heterocycles. The zero-order valence-electron chi connectivity index (χ0n) is 17.1. The molecule has 3 aromatic carbocycles. The topological polar surface area (TPSA) is 81.4 Å². The fourth-order valence-electron chi connectivity index (χ4n) is 3.37. The second kappa shape index (κ2) is 8.28. The lowest BCUT2D eigenvalue weighted by Crippen LogP contribution is -2.22. The quantitative estimate of drug-likeness (QED) is 0.394. The fraction of sp³-hybridized carbons (Fsp3) is 0.0800. The molecule has 6 nitrogen and oxygen atoms in total. The molecule has 0 aliphatic carbocycles. The van der Waals surface area contributed by atoms with Crippen molar-refractivity contribution in [3.8, 4) is 17.1 Å². The highest BCUT2D eigenvalue weighted by molar-refractivity contribution is 7.22. The summed E-state index contributed by atoms with van der Waals surface area (Å²) in [6.07, 6.45) is 0. The Morgan fingerprint density at radius 1 is 1.03 bits per heavy atom. The molecule has 5 rings (SSSR count). The number of nitrogens with one attached hydrogen (secondary N) is 1. The maximum atomic E-state index is 13.2. The van der Waals surface area contributed by atoms with Crippen LogP contribution in [0.15, 0.2) is 82.0 Å². The molecule has 0 aliphatic heterocycles. The Labute approximate surface area is 187 Å². The zero-order valence-corrected chi connectivity index (χ0v) is 17.9. The molecule has 0 saturated carbocycles. The van der Waals surface area contributed by atoms with E-state index >= 15 is 0 Å². The Balaban J connectivity index is 1.45. The number of ether oxygens (including phenoxy) is 1. The SMILES string of the molecule is Cc1ccc(-c2oc3ccccc3c(=O)c2OCC(=O)Nc2nc3ccccc3s2)cc1. The van der Waals surface area contributed by atoms with Gasteiger partial charge in [0, 0.05) is 5.56 Å². The number of carbonyl (C=O) groups excluding carboxylic acids is 1. The second-order valence-corrected chi connectivity index (χ2v) is 8.31. The summed E-state index contributed by atoms with van der Waals surface area (Å²) in [6.45, 7) is 1.63. The van der Waals surface area contributed by atoms with Crippen molar-refractivity contribution in [1.82, 2.24) is 4.98 Å². The van der Waals surface area contributed by atoms with E-state index in [-0.39, 0.29) is 17.8 Å². The van der Waals surface area contributed by atoms with Crippen molar-refractivity contribution < 1.29 is 13.9 Å². The third kappa shape index (κ3) is 3.86. The summed E-state index contributed by atoms with van der Waals surface area (Å²) in [4.78, 5) is 30.1. The minimum Gasteiger partial charge on any atom is -0.476 e. The number of amides is 1. The summed E-state index contributed by atoms with van der Waals surface area (Å²) in [5, 5.41) is 3.61. The number of carbonyl (C=O) groups is 1. The van der Waals surface area contributed by atoms with Crippen LogP contribution in [0.25, 0.3) is 32.5 Å². The van der Waals surface area contributed by atoms with Crippen LogP contribution in [0.2, 0.25) is 0 Å². The summed E-state index contributed by atoms with van der Waals surface area (Å²) in [6, 6.07) is 22.2. The van der Waals surface area contributed by atoms with Gasteiger partial charge in [-0.15, -0.1) is 0 Å². The van der Waals surface area contributed by atoms with Gasteiger partial charge >= 0.3 is 0 Å². The normalized spacial score (nSPS) is 11.0. The van der Waals surface area contributed by atoms with Gasteiger partial charge in [-0.1, -0.05) is 65.4 Å². The molecule has 0 aliphatic rings. The van der Waals surface area contributed by atoms with Crippen molar-refractivity contribution in [1.29, 1.82) is 0 Å². The number of hydrogen-bond acceptors (Lipinski definition) is 6. The summed E-state index contributed by atoms with van der Waals surface area (Å²) < 4.78 is 12.7. The molecule has 0 bridgehead atoms. The first-order valence-electron chi connectivity index (χ1n) is 9.99. The number of nitrogens with zero attached hydrogens (tertiary/aromatic N) is 1. The van der Waals surface area contributed by atoms with E-state index in [4.69, 9.17) is 9.15 Å². The standard InChI is InChI=1S/C25H18N2O4S/c1-15-10-12-16(13-11-15)23-24(22(29)17-6-2-4-8-19(17)31-23)30-14-21(28)27-25-26-18-7-3-5-9-20(18)32-25/h2-13H,14H2,1H3,(H,26,27,28). The monoisotopic (exact) mass is 442 g/mol. The van der Waals surface area contributed by atoms with Gasteiger partial charge in [-0.05, 0) is 31.2 Å². The van der Waals surface area contributed by atoms with Gasteiger partial charge in [0.05, 0.1) is 15.6 Å². The Bertz CT molecular complexity index is 1470. The van der Waals surface area contributed by atoms with Crippen LogP contribution in [0.1, 0.15) is 5.56 Å². The molecular formula is C25H18N2O4S. The van der Waals surface area contributed by atoms with E-state index in [2.05, 4.69) is 10.3 Å². The largest absolute Gasteiger partial charge is 0.476 e. The molecule has 32 heavy (non-hydrogen) atoms. The number of hydrogen-bond donors (Lipinski definition) is 1. The Morgan fingerprint density at radius 2 is 1.78 bits per heavy atom. The Hall–Kier alpha value is -3.97. The smallest absolute Gasteiger partial charge is 0.264 e. The third-order valence-electron chi connectivity index (χ3n) is 4.96. The first-order chi connectivity index (χ1) is 15.6. The van der Waals surface area contributed by atoms with Crippen LogP contribution in [0, 0.1) is 6.92 Å². The molecule has 2 aromatic heterocycles. The van der Waals surface area contributed by atoms with E-state index in [1.54, 1.807) is 24.3 Å². The average molecular weight is 442 g/mol. The number of anilines is 1. The number of fused-ring (bicyclic) bond motifs is 2. The van der Waals surface area contributed by atoms with Crippen molar-refractivity contribution in [2.24, 2.45) is 0 Å². The molecule has 0 fully saturated rings. The second-order valence-electron chi connectivity index (χ2n) is 7.28. The summed E-state index contributed by atoms with van der Waals surface area (Å²) in [5.41, 5.74) is 2.72. The lowest BCUT2D eigenvalue weighted by Gasteiger charge is -2.11. The molecule has 7 heteroatoms. The molecule has 0 saturated heterocycles. The van der Waals surface area contributed by atoms with Gasteiger partial charge in [-0.3, -0.25) is 14.9 Å². The van der Waals surface area contributed by atoms with Gasteiger partial charge in [-0.2, -0.15) is 0 Å². The van der Waals surface area contributed by atoms with Gasteiger partial charge in [0.25, 0.3) is 5.91 Å². The maximum Gasteiger partial charge on any atom is 0.264 e. The Morgan fingerprint density at radius 3 is 2.59 bits per heavy atom. The lowest BCUT2D eigenvalue weighted by molar-refractivity contribution is -0.118. The molecule has 5 aromatic rings. The number of benzene rings is 3. The predicted molar refractivity (Wildman–Crippen MR) is 126 cm³/mol. The zero-order chi connectivity index (χ0) is 22.1. The maximum absolute atomic E-state index is 13.2. The van der Waals surface area contributed by atoms with Crippen LogP contribution < -0.4 is 15.5 Å². The van der Waals surface area contributed by atoms with Gasteiger partial charge in [0.15, 0.2) is 17.5 Å². The minimum atomic E-state index is -0.411. The molecule has 0 spiro atoms. The highest BCUT2D eigenvalue weighted by Crippen LogP contribution is 2.31. The molecule has 0 radical (unpaired) electrons. The number of para-hydroxylation sites is 2. The molecule has 0 unspecified atom stereocenters. The van der Waals surface area contributed by atoms with Crippen LogP contribution in [0.5, 0.6) is 5.75 Å². The summed E-state index contributed by atoms with van der Waals surface area (Å²) >= 11 is 1.37. The number of aromatic nitrogens is 1. The van der Waals surface area contributed by atoms with Crippen LogP contribution in [-0.2, 0) is 4.79 Å². The summed E-state index contributed by atoms with van der Waals surface area (Å²) in [7, 11) is 0. The van der Waals surface area contributed by atoms with Crippen molar-refractivity contribution in [2.45, 2.75) is 6.92 Å². The van der Waals surface area contributed by atoms with E-state index in [0.717, 1.165) is 15.8 Å². The van der Waals surface area contributed by atoms with Gasteiger partial charge in [0.2, 0.25) is 11.2 Å². The first-order valence-corrected chi connectivity index (χ1v) is 10.8. The van der Waals surface area contributed by atoms with Crippen molar-refractivity contribution in [2.75, 3.05) is 11.9 Å². The van der Waals surface area contributed by atoms with Gasteiger partial charge in [0.1, 0.15) is 5.58 Å². The molecule has 1 N–H and O–H groups in total. The number of aryl methyl sites for hydroxylation is 1. The molecule has 158 valence electrons. The number of rotatable bonds is 5. The van der Waals surface area contributed by atoms with Crippen molar-refractivity contribution in [3.63, 3.8) is 0 Å². The van der Waals surface area contributed by atoms with Crippen LogP contribution in [0.3, 0.4) is 0 Å². The van der Waals surface area contributed by atoms with Crippen LogP contribution in [0.4, 0.5) is 5.13 Å². The van der Waals surface area contributed by atoms with Crippen LogP contribution >= 0.6 is 11.3 Å². The highest BCUT2D eigenvalue weighted by Gasteiger charge is 2.19. The molecular weight excluding hydrogens is 424 g/mol. The van der Waals surface area contributed by atoms with E-state index in [0.29, 0.717) is 27.4 Å². The average Bonchev–Trinajstić information content (AvgIpc) is 3.21. The van der Waals surface area contributed by atoms with Crippen molar-refractivity contribution >= 4 is 43.6 Å². The first kappa shape index (κ1) is 20.0. The van der Waals surface area contributed by atoms with E-state index in [1.807, 2.05) is 55.5 Å². The van der Waals surface area contributed by atoms with E-state index in [1.165, 1.54) is 11.3 Å². The minimum absolute atomic E-state index is 0.00648. The number of thiazole rings is 1. The fourth-order valence-corrected chi connectivity index (χ4v) is 4.25. The molecule has 0 atom stereocenters. The van der Waals surface area contributed by atoms with E-state index in [9.17, 15) is 9.59 Å². The lowest BCUT2D eigenvalue weighted by atomic mass is 10.1. The highest BCUT2D eigenvalue weighted by atomic mass is 32.1. The third-order valence-corrected chi connectivity index (χ3v) is 5.91. The predicted octanol–water partition coefficient (Wildman–Crippen LogP) is 5.40. The van der Waals surface area contributed by atoms with Crippen molar-refractivity contribution in [3.05, 3.63) is 88.6 Å². The molecule has 1 amide bonds. The van der Waals surface area contributed by atoms with Crippen LogP contribution in [-0.4, -0.2) is 17.5 Å². The Kier molecular flexibility index (Phi) is 5.17. The van der Waals surface area contributed by atoms with E-state index < -0.39 is 5.91 Å². The summed E-state index contributed by atoms with van der Waals surface area (Å²) in [5.74, 6) is -0.111.